The minimum absolute atomic E-state index is 0.0407. The standard InChI is InChI=1S/C50H100N2O7/c1-5-9-13-17-18-22-32-46(31-21-14-10-6-2)45-59-50(57)36-26-20-28-38-51(39-29-30-41-53)37-27-19-25-35-49(56)58-42-40-52(43-47(54)33-23-15-11-7-3)44-48(55)34-24-16-12-8-4/h46-48,53-55H,5-45H2,1-4H3. The number of hydrogen-bond acceptors (Lipinski definition) is 9. The molecule has 9 heteroatoms. The SMILES string of the molecule is CCCCCCCCC(CCCCCC)COC(=O)CCCCCN(CCCCO)CCCCCC(=O)OCCN(CC(O)CCCCCC)CC(O)CCCCCC. The molecular formula is C50H100N2O7. The summed E-state index contributed by atoms with van der Waals surface area (Å²) >= 11 is 0. The minimum Gasteiger partial charge on any atom is -0.465 e. The molecule has 3 N–H and O–H groups in total. The second-order valence-corrected chi connectivity index (χ2v) is 17.8. The lowest BCUT2D eigenvalue weighted by atomic mass is 9.95. The Balaban J connectivity index is 4.52. The predicted octanol–water partition coefficient (Wildman–Crippen LogP) is 11.6. The highest BCUT2D eigenvalue weighted by Gasteiger charge is 2.17. The number of hydrogen-bond donors (Lipinski definition) is 3. The number of aliphatic hydroxyl groups is 3. The van der Waals surface area contributed by atoms with E-state index >= 15 is 0 Å². The maximum atomic E-state index is 12.6. The molecule has 0 aromatic carbocycles. The van der Waals surface area contributed by atoms with Crippen LogP contribution in [0.3, 0.4) is 0 Å². The molecule has 0 radical (unpaired) electrons. The molecule has 0 saturated heterocycles. The van der Waals surface area contributed by atoms with Crippen LogP contribution in [0.25, 0.3) is 0 Å². The molecule has 0 spiro atoms. The van der Waals surface area contributed by atoms with Crippen LogP contribution in [0.15, 0.2) is 0 Å². The van der Waals surface area contributed by atoms with E-state index < -0.39 is 12.2 Å². The van der Waals surface area contributed by atoms with Crippen molar-refractivity contribution < 1.29 is 34.4 Å². The quantitative estimate of drug-likeness (QED) is 0.0406. The van der Waals surface area contributed by atoms with Crippen molar-refractivity contribution in [2.45, 2.75) is 245 Å². The van der Waals surface area contributed by atoms with Crippen LogP contribution in [0.4, 0.5) is 0 Å². The third kappa shape index (κ3) is 40.6. The molecule has 3 unspecified atom stereocenters. The van der Waals surface area contributed by atoms with Gasteiger partial charge in [-0.1, -0.05) is 156 Å². The number of rotatable bonds is 47. The highest BCUT2D eigenvalue weighted by molar-refractivity contribution is 5.69. The van der Waals surface area contributed by atoms with Crippen LogP contribution in [-0.2, 0) is 19.1 Å². The van der Waals surface area contributed by atoms with Crippen LogP contribution in [0.1, 0.15) is 233 Å². The van der Waals surface area contributed by atoms with Crippen molar-refractivity contribution in [3.63, 3.8) is 0 Å². The summed E-state index contributed by atoms with van der Waals surface area (Å²) in [5, 5.41) is 30.7. The van der Waals surface area contributed by atoms with Crippen LogP contribution >= 0.6 is 0 Å². The lowest BCUT2D eigenvalue weighted by Crippen LogP contribution is -2.40. The number of unbranched alkanes of at least 4 members (excludes halogenated alkanes) is 19. The van der Waals surface area contributed by atoms with Gasteiger partial charge in [0.2, 0.25) is 0 Å². The number of esters is 2. The first-order chi connectivity index (χ1) is 28.8. The van der Waals surface area contributed by atoms with Gasteiger partial charge in [-0.3, -0.25) is 14.5 Å². The van der Waals surface area contributed by atoms with Gasteiger partial charge in [0, 0.05) is 39.1 Å². The lowest BCUT2D eigenvalue weighted by Gasteiger charge is -2.27. The zero-order chi connectivity index (χ0) is 43.4. The van der Waals surface area contributed by atoms with E-state index in [1.165, 1.54) is 103 Å². The van der Waals surface area contributed by atoms with Crippen molar-refractivity contribution >= 4 is 11.9 Å². The van der Waals surface area contributed by atoms with E-state index in [4.69, 9.17) is 9.47 Å². The molecule has 0 amide bonds. The first kappa shape index (κ1) is 57.7. The molecule has 352 valence electrons. The number of ether oxygens (including phenoxy) is 2. The molecule has 9 nitrogen and oxygen atoms in total. The Hall–Kier alpha value is -1.26. The number of carbonyl (C=O) groups excluding carboxylic acids is 2. The van der Waals surface area contributed by atoms with Gasteiger partial charge < -0.3 is 29.7 Å². The van der Waals surface area contributed by atoms with E-state index in [9.17, 15) is 24.9 Å². The summed E-state index contributed by atoms with van der Waals surface area (Å²) in [6.45, 7) is 14.4. The van der Waals surface area contributed by atoms with Crippen molar-refractivity contribution in [1.82, 2.24) is 9.80 Å². The zero-order valence-corrected chi connectivity index (χ0v) is 39.6. The highest BCUT2D eigenvalue weighted by atomic mass is 16.5. The summed E-state index contributed by atoms with van der Waals surface area (Å²) in [6, 6.07) is 0. The second-order valence-electron chi connectivity index (χ2n) is 17.8. The molecule has 0 bridgehead atoms. The van der Waals surface area contributed by atoms with Gasteiger partial charge in [0.05, 0.1) is 18.8 Å². The molecule has 0 fully saturated rings. The number of nitrogens with zero attached hydrogens (tertiary/aromatic N) is 2. The predicted molar refractivity (Wildman–Crippen MR) is 248 cm³/mol. The number of carbonyl (C=O) groups is 2. The molecule has 0 aromatic heterocycles. The summed E-state index contributed by atoms with van der Waals surface area (Å²) in [5.41, 5.74) is 0. The maximum absolute atomic E-state index is 12.6. The molecule has 0 aliphatic carbocycles. The van der Waals surface area contributed by atoms with Crippen molar-refractivity contribution in [2.75, 3.05) is 59.1 Å². The summed E-state index contributed by atoms with van der Waals surface area (Å²) < 4.78 is 11.4. The molecule has 59 heavy (non-hydrogen) atoms. The van der Waals surface area contributed by atoms with Crippen molar-refractivity contribution in [3.8, 4) is 0 Å². The third-order valence-corrected chi connectivity index (χ3v) is 11.9. The van der Waals surface area contributed by atoms with E-state index in [1.807, 2.05) is 0 Å². The average molecular weight is 841 g/mol. The Labute approximate surface area is 365 Å². The maximum Gasteiger partial charge on any atom is 0.305 e. The summed E-state index contributed by atoms with van der Waals surface area (Å²) in [5.74, 6) is 0.284. The van der Waals surface area contributed by atoms with Gasteiger partial charge in [0.1, 0.15) is 6.61 Å². The highest BCUT2D eigenvalue weighted by Crippen LogP contribution is 2.20. The van der Waals surface area contributed by atoms with Crippen LogP contribution in [0, 0.1) is 5.92 Å². The summed E-state index contributed by atoms with van der Waals surface area (Å²) in [7, 11) is 0. The van der Waals surface area contributed by atoms with Gasteiger partial charge in [0.25, 0.3) is 0 Å². The lowest BCUT2D eigenvalue weighted by molar-refractivity contribution is -0.145. The zero-order valence-electron chi connectivity index (χ0n) is 39.6. The van der Waals surface area contributed by atoms with Gasteiger partial charge in [-0.2, -0.15) is 0 Å². The van der Waals surface area contributed by atoms with E-state index in [2.05, 4.69) is 37.5 Å². The van der Waals surface area contributed by atoms with Crippen LogP contribution in [-0.4, -0.2) is 108 Å². The van der Waals surface area contributed by atoms with Crippen molar-refractivity contribution in [2.24, 2.45) is 5.92 Å². The van der Waals surface area contributed by atoms with Crippen LogP contribution < -0.4 is 0 Å². The normalized spacial score (nSPS) is 13.3. The van der Waals surface area contributed by atoms with Crippen LogP contribution in [0.2, 0.25) is 0 Å². The fraction of sp³-hybridized carbons (Fsp3) is 0.960. The minimum atomic E-state index is -0.436. The van der Waals surface area contributed by atoms with Crippen molar-refractivity contribution in [1.29, 1.82) is 0 Å². The second kappa shape index (κ2) is 44.8. The molecule has 0 heterocycles. The first-order valence-corrected chi connectivity index (χ1v) is 25.5. The Morgan fingerprint density at radius 1 is 0.441 bits per heavy atom. The fourth-order valence-corrected chi connectivity index (χ4v) is 8.02. The Bertz CT molecular complexity index is 873. The molecule has 0 rings (SSSR count). The molecule has 0 saturated carbocycles. The first-order valence-electron chi connectivity index (χ1n) is 25.5. The Kier molecular flexibility index (Phi) is 43.8. The van der Waals surface area contributed by atoms with E-state index in [-0.39, 0.29) is 25.2 Å². The third-order valence-electron chi connectivity index (χ3n) is 11.9. The van der Waals surface area contributed by atoms with E-state index in [0.717, 1.165) is 110 Å². The van der Waals surface area contributed by atoms with E-state index in [0.29, 0.717) is 45.0 Å². The van der Waals surface area contributed by atoms with Gasteiger partial charge in [0.15, 0.2) is 0 Å². The summed E-state index contributed by atoms with van der Waals surface area (Å²) in [4.78, 5) is 29.8. The molecular weight excluding hydrogens is 741 g/mol. The topological polar surface area (TPSA) is 120 Å². The van der Waals surface area contributed by atoms with Gasteiger partial charge in [-0.25, -0.2) is 0 Å². The Morgan fingerprint density at radius 3 is 1.31 bits per heavy atom. The molecule has 3 atom stereocenters. The van der Waals surface area contributed by atoms with Crippen molar-refractivity contribution in [3.05, 3.63) is 0 Å². The molecule has 0 aliphatic heterocycles. The number of aliphatic hydroxyl groups excluding tert-OH is 3. The van der Waals surface area contributed by atoms with Gasteiger partial charge in [-0.05, 0) is 89.8 Å². The van der Waals surface area contributed by atoms with Crippen LogP contribution in [0.5, 0.6) is 0 Å². The largest absolute Gasteiger partial charge is 0.465 e. The van der Waals surface area contributed by atoms with Gasteiger partial charge >= 0.3 is 11.9 Å². The van der Waals surface area contributed by atoms with E-state index in [1.54, 1.807) is 0 Å². The average Bonchev–Trinajstić information content (AvgIpc) is 3.22. The Morgan fingerprint density at radius 2 is 0.831 bits per heavy atom. The van der Waals surface area contributed by atoms with Gasteiger partial charge in [-0.15, -0.1) is 0 Å². The fourth-order valence-electron chi connectivity index (χ4n) is 8.02. The monoisotopic (exact) mass is 841 g/mol. The molecule has 0 aromatic rings. The summed E-state index contributed by atoms with van der Waals surface area (Å²) in [6.07, 6.45) is 33.2. The molecule has 0 aliphatic rings. The smallest absolute Gasteiger partial charge is 0.305 e.